The first-order chi connectivity index (χ1) is 12.4. The van der Waals surface area contributed by atoms with E-state index in [4.69, 9.17) is 0 Å². The van der Waals surface area contributed by atoms with Gasteiger partial charge in [-0.25, -0.2) is 0 Å². The second-order valence-corrected chi connectivity index (χ2v) is 6.30. The quantitative estimate of drug-likeness (QED) is 0.634. The van der Waals surface area contributed by atoms with E-state index < -0.39 is 0 Å². The van der Waals surface area contributed by atoms with Crippen molar-refractivity contribution in [3.8, 4) is 0 Å². The first-order valence-corrected chi connectivity index (χ1v) is 10.7. The molecule has 0 spiro atoms. The number of piperidine rings is 2. The molecule has 3 rings (SSSR count). The highest BCUT2D eigenvalue weighted by molar-refractivity contribution is 5.46. The van der Waals surface area contributed by atoms with Gasteiger partial charge < -0.3 is 4.90 Å². The Morgan fingerprint density at radius 1 is 0.840 bits per heavy atom. The predicted octanol–water partition coefficient (Wildman–Crippen LogP) is 5.43. The molecule has 2 saturated heterocycles. The lowest BCUT2D eigenvalue weighted by molar-refractivity contribution is -0.118. The molecule has 2 fully saturated rings. The fourth-order valence-electron chi connectivity index (χ4n) is 3.18. The molecule has 146 valence electrons. The molecule has 3 aliphatic rings. The van der Waals surface area contributed by atoms with Gasteiger partial charge in [0.1, 0.15) is 0 Å². The summed E-state index contributed by atoms with van der Waals surface area (Å²) in [6.45, 7) is 13.8. The number of amides is 1. The van der Waals surface area contributed by atoms with Crippen LogP contribution in [0.5, 0.6) is 0 Å². The van der Waals surface area contributed by atoms with Gasteiger partial charge in [-0.15, -0.1) is 0 Å². The molecule has 0 atom stereocenters. The Bertz CT molecular complexity index is 351. The first-order valence-electron chi connectivity index (χ1n) is 10.7. The van der Waals surface area contributed by atoms with Crippen molar-refractivity contribution in [1.29, 1.82) is 0 Å². The SMILES string of the molecule is C1=CC(CN2CCCCC2)=CCC1.CC.CC.O=CN1CCCCC1. The molecule has 2 heterocycles. The van der Waals surface area contributed by atoms with E-state index in [2.05, 4.69) is 23.1 Å². The molecule has 0 unspecified atom stereocenters. The molecule has 3 heteroatoms. The topological polar surface area (TPSA) is 23.6 Å². The molecule has 2 aliphatic heterocycles. The highest BCUT2D eigenvalue weighted by Gasteiger charge is 2.10. The number of nitrogens with zero attached hydrogens (tertiary/aromatic N) is 2. The number of carbonyl (C=O) groups is 1. The number of hydrogen-bond acceptors (Lipinski definition) is 2. The van der Waals surface area contributed by atoms with Gasteiger partial charge in [-0.3, -0.25) is 9.69 Å². The minimum atomic E-state index is 0.944. The average Bonchev–Trinajstić information content (AvgIpc) is 2.74. The zero-order valence-corrected chi connectivity index (χ0v) is 17.3. The van der Waals surface area contributed by atoms with Crippen molar-refractivity contribution in [1.82, 2.24) is 9.80 Å². The molecule has 3 nitrogen and oxygen atoms in total. The van der Waals surface area contributed by atoms with Crippen LogP contribution in [0.1, 0.15) is 79.1 Å². The van der Waals surface area contributed by atoms with Gasteiger partial charge in [0.15, 0.2) is 0 Å². The molecule has 0 radical (unpaired) electrons. The molecule has 1 amide bonds. The van der Waals surface area contributed by atoms with Crippen LogP contribution in [-0.2, 0) is 4.79 Å². The second kappa shape index (κ2) is 17.7. The van der Waals surface area contributed by atoms with Crippen LogP contribution in [0.2, 0.25) is 0 Å². The Hall–Kier alpha value is -1.09. The van der Waals surface area contributed by atoms with Gasteiger partial charge in [0, 0.05) is 19.6 Å². The average molecular weight is 351 g/mol. The number of hydrogen-bond donors (Lipinski definition) is 0. The Kier molecular flexibility index (Phi) is 17.0. The summed E-state index contributed by atoms with van der Waals surface area (Å²) >= 11 is 0. The van der Waals surface area contributed by atoms with Gasteiger partial charge in [-0.05, 0) is 63.6 Å². The highest BCUT2D eigenvalue weighted by Crippen LogP contribution is 2.14. The van der Waals surface area contributed by atoms with Crippen LogP contribution < -0.4 is 0 Å². The minimum absolute atomic E-state index is 0.944. The van der Waals surface area contributed by atoms with Crippen molar-refractivity contribution >= 4 is 6.41 Å². The summed E-state index contributed by atoms with van der Waals surface area (Å²) in [5, 5.41) is 0. The van der Waals surface area contributed by atoms with Gasteiger partial charge in [0.05, 0.1) is 0 Å². The molecule has 0 aromatic rings. The Balaban J connectivity index is 0.000000414. The molecular weight excluding hydrogens is 308 g/mol. The van der Waals surface area contributed by atoms with Crippen LogP contribution in [-0.4, -0.2) is 48.9 Å². The molecule has 0 saturated carbocycles. The third-order valence-corrected chi connectivity index (χ3v) is 4.47. The lowest BCUT2D eigenvalue weighted by Gasteiger charge is -2.27. The van der Waals surface area contributed by atoms with E-state index in [1.165, 1.54) is 76.6 Å². The van der Waals surface area contributed by atoms with E-state index in [0.717, 1.165) is 19.5 Å². The fourth-order valence-corrected chi connectivity index (χ4v) is 3.18. The van der Waals surface area contributed by atoms with Crippen molar-refractivity contribution in [2.75, 3.05) is 32.7 Å². The van der Waals surface area contributed by atoms with Gasteiger partial charge in [-0.2, -0.15) is 0 Å². The summed E-state index contributed by atoms with van der Waals surface area (Å²) < 4.78 is 0. The summed E-state index contributed by atoms with van der Waals surface area (Å²) in [5.41, 5.74) is 1.54. The van der Waals surface area contributed by atoms with E-state index in [-0.39, 0.29) is 0 Å². The summed E-state index contributed by atoms with van der Waals surface area (Å²) in [5.74, 6) is 0. The summed E-state index contributed by atoms with van der Waals surface area (Å²) in [7, 11) is 0. The van der Waals surface area contributed by atoms with Crippen LogP contribution in [0.15, 0.2) is 23.8 Å². The molecule has 0 aromatic carbocycles. The van der Waals surface area contributed by atoms with Crippen LogP contribution >= 0.6 is 0 Å². The number of rotatable bonds is 3. The van der Waals surface area contributed by atoms with Gasteiger partial charge >= 0.3 is 0 Å². The van der Waals surface area contributed by atoms with Crippen LogP contribution in [0.4, 0.5) is 0 Å². The lowest BCUT2D eigenvalue weighted by atomic mass is 10.1. The Labute approximate surface area is 157 Å². The molecule has 0 aromatic heterocycles. The predicted molar refractivity (Wildman–Crippen MR) is 111 cm³/mol. The highest BCUT2D eigenvalue weighted by atomic mass is 16.1. The van der Waals surface area contributed by atoms with E-state index in [1.54, 1.807) is 0 Å². The van der Waals surface area contributed by atoms with Crippen LogP contribution in [0.3, 0.4) is 0 Å². The third kappa shape index (κ3) is 12.0. The summed E-state index contributed by atoms with van der Waals surface area (Å²) in [6, 6.07) is 0. The molecule has 0 bridgehead atoms. The maximum absolute atomic E-state index is 10.1. The lowest BCUT2D eigenvalue weighted by Crippen LogP contribution is -2.31. The van der Waals surface area contributed by atoms with Crippen molar-refractivity contribution < 1.29 is 4.79 Å². The Morgan fingerprint density at radius 3 is 1.84 bits per heavy atom. The maximum Gasteiger partial charge on any atom is 0.209 e. The molecular formula is C22H42N2O. The maximum atomic E-state index is 10.1. The smallest absolute Gasteiger partial charge is 0.209 e. The zero-order chi connectivity index (χ0) is 18.8. The number of allylic oxidation sites excluding steroid dienone is 2. The van der Waals surface area contributed by atoms with Gasteiger partial charge in [0.2, 0.25) is 6.41 Å². The van der Waals surface area contributed by atoms with E-state index in [0.29, 0.717) is 0 Å². The van der Waals surface area contributed by atoms with Crippen LogP contribution in [0.25, 0.3) is 0 Å². The zero-order valence-electron chi connectivity index (χ0n) is 17.3. The van der Waals surface area contributed by atoms with Crippen LogP contribution in [0, 0.1) is 0 Å². The summed E-state index contributed by atoms with van der Waals surface area (Å²) in [4.78, 5) is 14.5. The van der Waals surface area contributed by atoms with E-state index in [9.17, 15) is 4.79 Å². The van der Waals surface area contributed by atoms with E-state index >= 15 is 0 Å². The van der Waals surface area contributed by atoms with Crippen molar-refractivity contribution in [2.24, 2.45) is 0 Å². The molecule has 1 aliphatic carbocycles. The third-order valence-electron chi connectivity index (χ3n) is 4.47. The standard InChI is InChI=1S/C12H19N.C6H11NO.2C2H6/c1-3-7-12(8-4-1)11-13-9-5-2-6-10-13;8-6-7-4-2-1-3-5-7;2*1-2/h3,7-8H,1-2,4-6,9-11H2;6H,1-5H2;2*1-2H3. The monoisotopic (exact) mass is 350 g/mol. The Morgan fingerprint density at radius 2 is 1.40 bits per heavy atom. The number of carbonyl (C=O) groups excluding carboxylic acids is 1. The fraction of sp³-hybridized carbons (Fsp3) is 0.773. The van der Waals surface area contributed by atoms with E-state index in [1.807, 2.05) is 32.6 Å². The largest absolute Gasteiger partial charge is 0.345 e. The van der Waals surface area contributed by atoms with Gasteiger partial charge in [-0.1, -0.05) is 52.3 Å². The van der Waals surface area contributed by atoms with Crippen molar-refractivity contribution in [3.05, 3.63) is 23.8 Å². The van der Waals surface area contributed by atoms with Crippen molar-refractivity contribution in [2.45, 2.75) is 79.1 Å². The number of likely N-dealkylation sites (tertiary alicyclic amines) is 2. The normalized spacial score (nSPS) is 19.8. The first kappa shape index (κ1) is 23.9. The van der Waals surface area contributed by atoms with Gasteiger partial charge in [0.25, 0.3) is 0 Å². The molecule has 0 N–H and O–H groups in total. The summed E-state index contributed by atoms with van der Waals surface area (Å²) in [6.07, 6.45) is 18.4. The van der Waals surface area contributed by atoms with Crippen molar-refractivity contribution in [3.63, 3.8) is 0 Å². The minimum Gasteiger partial charge on any atom is -0.345 e. The molecule has 25 heavy (non-hydrogen) atoms. The second-order valence-electron chi connectivity index (χ2n) is 6.30.